The molecule has 2 nitrogen and oxygen atoms in total. The van der Waals surface area contributed by atoms with Crippen LogP contribution in [0.25, 0.3) is 0 Å². The molecule has 2 N–H and O–H groups in total. The molecule has 0 fully saturated rings. The van der Waals surface area contributed by atoms with E-state index in [9.17, 15) is 0 Å². The van der Waals surface area contributed by atoms with Crippen molar-refractivity contribution in [3.8, 4) is 0 Å². The fourth-order valence-corrected chi connectivity index (χ4v) is 1.79. The second-order valence-corrected chi connectivity index (χ2v) is 3.86. The van der Waals surface area contributed by atoms with Crippen molar-refractivity contribution < 1.29 is 0 Å². The minimum Gasteiger partial charge on any atom is -0.399 e. The van der Waals surface area contributed by atoms with E-state index in [-0.39, 0.29) is 0 Å². The number of thiazole rings is 1. The topological polar surface area (TPSA) is 38.9 Å². The summed E-state index contributed by atoms with van der Waals surface area (Å²) >= 11 is 1.68. The normalized spacial score (nSPS) is 10.2. The first-order valence-corrected chi connectivity index (χ1v) is 4.94. The van der Waals surface area contributed by atoms with Crippen LogP contribution in [-0.2, 0) is 6.42 Å². The standard InChI is InChI=1S/C10H10N2S/c11-9-3-1-8(2-4-9)5-10-6-12-7-13-10/h1-4,6-7H,5,11H2. The molecule has 0 radical (unpaired) electrons. The van der Waals surface area contributed by atoms with Gasteiger partial charge in [-0.15, -0.1) is 11.3 Å². The van der Waals surface area contributed by atoms with E-state index < -0.39 is 0 Å². The van der Waals surface area contributed by atoms with Crippen LogP contribution in [0.5, 0.6) is 0 Å². The summed E-state index contributed by atoms with van der Waals surface area (Å²) in [6.45, 7) is 0. The van der Waals surface area contributed by atoms with Crippen LogP contribution < -0.4 is 5.73 Å². The van der Waals surface area contributed by atoms with Crippen molar-refractivity contribution in [1.29, 1.82) is 0 Å². The zero-order chi connectivity index (χ0) is 9.10. The Balaban J connectivity index is 2.15. The lowest BCUT2D eigenvalue weighted by Gasteiger charge is -1.98. The molecule has 1 aromatic carbocycles. The smallest absolute Gasteiger partial charge is 0.0794 e. The Labute approximate surface area is 81.1 Å². The van der Waals surface area contributed by atoms with E-state index in [4.69, 9.17) is 5.73 Å². The van der Waals surface area contributed by atoms with Crippen LogP contribution in [0.4, 0.5) is 5.69 Å². The van der Waals surface area contributed by atoms with E-state index >= 15 is 0 Å². The molecule has 0 aliphatic rings. The first-order valence-electron chi connectivity index (χ1n) is 4.06. The molecular weight excluding hydrogens is 180 g/mol. The molecule has 1 heterocycles. The highest BCUT2D eigenvalue weighted by molar-refractivity contribution is 7.09. The number of nitrogens with zero attached hydrogens (tertiary/aromatic N) is 1. The van der Waals surface area contributed by atoms with Gasteiger partial charge >= 0.3 is 0 Å². The highest BCUT2D eigenvalue weighted by Gasteiger charge is 1.96. The van der Waals surface area contributed by atoms with Crippen molar-refractivity contribution in [1.82, 2.24) is 4.98 Å². The molecule has 1 aromatic heterocycles. The van der Waals surface area contributed by atoms with E-state index in [1.165, 1.54) is 10.4 Å². The summed E-state index contributed by atoms with van der Waals surface area (Å²) in [7, 11) is 0. The van der Waals surface area contributed by atoms with Gasteiger partial charge in [0.1, 0.15) is 0 Å². The van der Waals surface area contributed by atoms with Crippen molar-refractivity contribution in [3.05, 3.63) is 46.4 Å². The average molecular weight is 190 g/mol. The van der Waals surface area contributed by atoms with Crippen LogP contribution >= 0.6 is 11.3 Å². The quantitative estimate of drug-likeness (QED) is 0.738. The molecule has 13 heavy (non-hydrogen) atoms. The number of anilines is 1. The maximum absolute atomic E-state index is 5.59. The summed E-state index contributed by atoms with van der Waals surface area (Å²) in [4.78, 5) is 5.31. The minimum absolute atomic E-state index is 0.813. The number of nitrogen functional groups attached to an aromatic ring is 1. The molecule has 3 heteroatoms. The van der Waals surface area contributed by atoms with Gasteiger partial charge in [0.25, 0.3) is 0 Å². The Morgan fingerprint density at radius 1 is 1.23 bits per heavy atom. The van der Waals surface area contributed by atoms with E-state index in [1.54, 1.807) is 11.3 Å². The number of hydrogen-bond acceptors (Lipinski definition) is 3. The summed E-state index contributed by atoms with van der Waals surface area (Å²) < 4.78 is 0. The first-order chi connectivity index (χ1) is 6.34. The molecule has 0 aliphatic carbocycles. The molecule has 0 unspecified atom stereocenters. The molecular formula is C10H10N2S. The molecule has 0 saturated carbocycles. The van der Waals surface area contributed by atoms with Crippen molar-refractivity contribution in [3.63, 3.8) is 0 Å². The summed E-state index contributed by atoms with van der Waals surface area (Å²) in [6, 6.07) is 7.96. The maximum Gasteiger partial charge on any atom is 0.0794 e. The molecule has 2 rings (SSSR count). The van der Waals surface area contributed by atoms with Crippen LogP contribution in [-0.4, -0.2) is 4.98 Å². The van der Waals surface area contributed by atoms with Crippen molar-refractivity contribution in [2.24, 2.45) is 0 Å². The number of nitrogens with two attached hydrogens (primary N) is 1. The highest BCUT2D eigenvalue weighted by Crippen LogP contribution is 2.14. The van der Waals surface area contributed by atoms with Gasteiger partial charge in [0.05, 0.1) is 5.51 Å². The molecule has 0 saturated heterocycles. The monoisotopic (exact) mass is 190 g/mol. The lowest BCUT2D eigenvalue weighted by molar-refractivity contribution is 1.22. The number of aromatic nitrogens is 1. The van der Waals surface area contributed by atoms with E-state index in [0.717, 1.165) is 12.1 Å². The molecule has 0 amide bonds. The van der Waals surface area contributed by atoms with Crippen LogP contribution in [0.1, 0.15) is 10.4 Å². The Bertz CT molecular complexity index is 364. The van der Waals surface area contributed by atoms with Crippen molar-refractivity contribution >= 4 is 17.0 Å². The SMILES string of the molecule is Nc1ccc(Cc2cncs2)cc1. The molecule has 0 bridgehead atoms. The minimum atomic E-state index is 0.813. The van der Waals surface area contributed by atoms with Gasteiger partial charge in [-0.3, -0.25) is 4.98 Å². The van der Waals surface area contributed by atoms with Gasteiger partial charge in [-0.25, -0.2) is 0 Å². The van der Waals surface area contributed by atoms with Gasteiger partial charge in [0.15, 0.2) is 0 Å². The number of benzene rings is 1. The fraction of sp³-hybridized carbons (Fsp3) is 0.100. The molecule has 0 aliphatic heterocycles. The fourth-order valence-electron chi connectivity index (χ4n) is 1.17. The van der Waals surface area contributed by atoms with Gasteiger partial charge < -0.3 is 5.73 Å². The summed E-state index contributed by atoms with van der Waals surface area (Å²) in [5, 5.41) is 0. The lowest BCUT2D eigenvalue weighted by Crippen LogP contribution is -1.87. The van der Waals surface area contributed by atoms with Crippen LogP contribution in [0.2, 0.25) is 0 Å². The summed E-state index contributed by atoms with van der Waals surface area (Å²) in [5.74, 6) is 0. The third-order valence-electron chi connectivity index (χ3n) is 1.84. The van der Waals surface area contributed by atoms with Crippen LogP contribution in [0, 0.1) is 0 Å². The Kier molecular flexibility index (Phi) is 2.27. The van der Waals surface area contributed by atoms with Gasteiger partial charge in [0, 0.05) is 23.2 Å². The second kappa shape index (κ2) is 3.58. The largest absolute Gasteiger partial charge is 0.399 e. The third-order valence-corrected chi connectivity index (χ3v) is 2.62. The number of hydrogen-bond donors (Lipinski definition) is 1. The maximum atomic E-state index is 5.59. The molecule has 0 spiro atoms. The van der Waals surface area contributed by atoms with Gasteiger partial charge in [-0.1, -0.05) is 12.1 Å². The zero-order valence-corrected chi connectivity index (χ0v) is 7.92. The molecule has 2 aromatic rings. The molecule has 0 atom stereocenters. The van der Waals surface area contributed by atoms with Crippen LogP contribution in [0.15, 0.2) is 36.0 Å². The van der Waals surface area contributed by atoms with E-state index in [1.807, 2.05) is 23.8 Å². The number of rotatable bonds is 2. The van der Waals surface area contributed by atoms with Gasteiger partial charge in [-0.2, -0.15) is 0 Å². The van der Waals surface area contributed by atoms with E-state index in [0.29, 0.717) is 0 Å². The first kappa shape index (κ1) is 8.26. The average Bonchev–Trinajstić information content (AvgIpc) is 2.62. The van der Waals surface area contributed by atoms with E-state index in [2.05, 4.69) is 17.1 Å². The van der Waals surface area contributed by atoms with Gasteiger partial charge in [-0.05, 0) is 17.7 Å². The highest BCUT2D eigenvalue weighted by atomic mass is 32.1. The summed E-state index contributed by atoms with van der Waals surface area (Å²) in [6.07, 6.45) is 2.85. The van der Waals surface area contributed by atoms with Crippen molar-refractivity contribution in [2.45, 2.75) is 6.42 Å². The summed E-state index contributed by atoms with van der Waals surface area (Å²) in [5.41, 5.74) is 9.53. The predicted octanol–water partition coefficient (Wildman–Crippen LogP) is 2.32. The Morgan fingerprint density at radius 3 is 2.62 bits per heavy atom. The zero-order valence-electron chi connectivity index (χ0n) is 7.10. The van der Waals surface area contributed by atoms with Gasteiger partial charge in [0.2, 0.25) is 0 Å². The third kappa shape index (κ3) is 2.06. The van der Waals surface area contributed by atoms with Crippen LogP contribution in [0.3, 0.4) is 0 Å². The Hall–Kier alpha value is -1.35. The Morgan fingerprint density at radius 2 is 2.00 bits per heavy atom. The predicted molar refractivity (Wildman–Crippen MR) is 55.8 cm³/mol. The van der Waals surface area contributed by atoms with Crippen molar-refractivity contribution in [2.75, 3.05) is 5.73 Å². The lowest BCUT2D eigenvalue weighted by atomic mass is 10.1. The second-order valence-electron chi connectivity index (χ2n) is 2.89. The molecule has 66 valence electrons.